The Labute approximate surface area is 100 Å². The standard InChI is InChI=1S/C9H12N6O3/c10-8-13-6-4(3-16)12-9(11)15(7(6)14-8)2-1-5(17)18/h11,16H,1-3H2,(H,17,18)(H3,10,13,14). The minimum atomic E-state index is -0.982. The van der Waals surface area contributed by atoms with Crippen molar-refractivity contribution in [2.45, 2.75) is 19.6 Å². The van der Waals surface area contributed by atoms with Crippen LogP contribution in [0, 0.1) is 5.41 Å². The molecule has 0 saturated carbocycles. The molecule has 0 spiro atoms. The van der Waals surface area contributed by atoms with E-state index in [1.54, 1.807) is 0 Å². The molecule has 6 N–H and O–H groups in total. The van der Waals surface area contributed by atoms with Crippen molar-refractivity contribution in [3.63, 3.8) is 0 Å². The van der Waals surface area contributed by atoms with Gasteiger partial charge in [0.05, 0.1) is 18.7 Å². The van der Waals surface area contributed by atoms with Gasteiger partial charge in [0, 0.05) is 6.54 Å². The SMILES string of the molecule is N=c1nc(CO)c2[nH]c(N)nc2n1CCC(=O)O. The summed E-state index contributed by atoms with van der Waals surface area (Å²) in [5.41, 5.74) is 6.34. The summed E-state index contributed by atoms with van der Waals surface area (Å²) < 4.78 is 1.33. The Bertz CT molecular complexity index is 658. The number of hydrogen-bond donors (Lipinski definition) is 5. The lowest BCUT2D eigenvalue weighted by molar-refractivity contribution is -0.137. The van der Waals surface area contributed by atoms with E-state index in [0.29, 0.717) is 11.2 Å². The summed E-state index contributed by atoms with van der Waals surface area (Å²) in [6.07, 6.45) is -0.154. The van der Waals surface area contributed by atoms with Crippen LogP contribution in [0.1, 0.15) is 12.1 Å². The van der Waals surface area contributed by atoms with Gasteiger partial charge in [-0.15, -0.1) is 0 Å². The molecule has 96 valence electrons. The fourth-order valence-electron chi connectivity index (χ4n) is 1.66. The van der Waals surface area contributed by atoms with Crippen molar-refractivity contribution >= 4 is 23.1 Å². The van der Waals surface area contributed by atoms with Gasteiger partial charge in [-0.2, -0.15) is 4.98 Å². The lowest BCUT2D eigenvalue weighted by Gasteiger charge is -2.07. The quantitative estimate of drug-likeness (QED) is 0.460. The van der Waals surface area contributed by atoms with Gasteiger partial charge < -0.3 is 20.9 Å². The molecule has 2 aromatic heterocycles. The maximum atomic E-state index is 10.6. The molecule has 18 heavy (non-hydrogen) atoms. The first-order valence-corrected chi connectivity index (χ1v) is 5.15. The molecule has 0 radical (unpaired) electrons. The number of carboxylic acids is 1. The minimum absolute atomic E-state index is 0.0632. The number of rotatable bonds is 4. The predicted molar refractivity (Wildman–Crippen MR) is 60.3 cm³/mol. The molecule has 0 aliphatic heterocycles. The number of carboxylic acid groups (broad SMARTS) is 1. The molecule has 0 aromatic carbocycles. The van der Waals surface area contributed by atoms with Crippen molar-refractivity contribution in [3.05, 3.63) is 11.3 Å². The highest BCUT2D eigenvalue weighted by Gasteiger charge is 2.13. The van der Waals surface area contributed by atoms with Crippen LogP contribution < -0.4 is 11.4 Å². The van der Waals surface area contributed by atoms with Crippen LogP contribution in [0.2, 0.25) is 0 Å². The van der Waals surface area contributed by atoms with Crippen molar-refractivity contribution in [2.24, 2.45) is 0 Å². The number of H-pyrrole nitrogens is 1. The van der Waals surface area contributed by atoms with Crippen LogP contribution in [0.15, 0.2) is 0 Å². The van der Waals surface area contributed by atoms with Gasteiger partial charge in [-0.1, -0.05) is 0 Å². The average Bonchev–Trinajstić information content (AvgIpc) is 2.68. The number of aliphatic hydroxyl groups excluding tert-OH is 1. The third kappa shape index (κ3) is 2.02. The maximum absolute atomic E-state index is 10.6. The number of imidazole rings is 1. The summed E-state index contributed by atoms with van der Waals surface area (Å²) in [7, 11) is 0. The van der Waals surface area contributed by atoms with Gasteiger partial charge in [-0.25, -0.2) is 4.98 Å². The molecule has 0 aliphatic rings. The Hall–Kier alpha value is -2.42. The van der Waals surface area contributed by atoms with Gasteiger partial charge in [-0.3, -0.25) is 14.8 Å². The fraction of sp³-hybridized carbons (Fsp3) is 0.333. The Balaban J connectivity index is 2.61. The van der Waals surface area contributed by atoms with E-state index in [-0.39, 0.29) is 36.8 Å². The second-order valence-electron chi connectivity index (χ2n) is 3.66. The molecule has 2 rings (SSSR count). The van der Waals surface area contributed by atoms with Crippen molar-refractivity contribution in [2.75, 3.05) is 5.73 Å². The minimum Gasteiger partial charge on any atom is -0.481 e. The summed E-state index contributed by atoms with van der Waals surface area (Å²) in [5, 5.41) is 25.5. The number of anilines is 1. The molecular weight excluding hydrogens is 240 g/mol. The van der Waals surface area contributed by atoms with E-state index in [0.717, 1.165) is 0 Å². The van der Waals surface area contributed by atoms with E-state index in [1.807, 2.05) is 0 Å². The van der Waals surface area contributed by atoms with Crippen molar-refractivity contribution in [3.8, 4) is 0 Å². The van der Waals surface area contributed by atoms with E-state index in [4.69, 9.17) is 21.4 Å². The Morgan fingerprint density at radius 1 is 1.50 bits per heavy atom. The number of nitrogens with two attached hydrogens (primary N) is 1. The van der Waals surface area contributed by atoms with Crippen LogP contribution in [0.4, 0.5) is 5.95 Å². The molecule has 0 fully saturated rings. The Morgan fingerprint density at radius 2 is 2.22 bits per heavy atom. The zero-order valence-electron chi connectivity index (χ0n) is 9.34. The third-order valence-corrected chi connectivity index (χ3v) is 2.44. The van der Waals surface area contributed by atoms with Crippen molar-refractivity contribution in [1.29, 1.82) is 5.41 Å². The Kier molecular flexibility index (Phi) is 2.98. The summed E-state index contributed by atoms with van der Waals surface area (Å²) in [6, 6.07) is 0. The van der Waals surface area contributed by atoms with Gasteiger partial charge in [0.15, 0.2) is 11.6 Å². The number of aryl methyl sites for hydroxylation is 1. The maximum Gasteiger partial charge on any atom is 0.305 e. The summed E-state index contributed by atoms with van der Waals surface area (Å²) in [4.78, 5) is 21.1. The largest absolute Gasteiger partial charge is 0.481 e. The van der Waals surface area contributed by atoms with E-state index in [2.05, 4.69) is 15.0 Å². The highest BCUT2D eigenvalue weighted by molar-refractivity contribution is 5.76. The second-order valence-corrected chi connectivity index (χ2v) is 3.66. The molecular formula is C9H12N6O3. The van der Waals surface area contributed by atoms with Crippen LogP contribution in [0.3, 0.4) is 0 Å². The fourth-order valence-corrected chi connectivity index (χ4v) is 1.66. The molecule has 2 aromatic rings. The first-order valence-electron chi connectivity index (χ1n) is 5.15. The number of hydrogen-bond acceptors (Lipinski definition) is 6. The van der Waals surface area contributed by atoms with Crippen LogP contribution in [-0.4, -0.2) is 35.7 Å². The zero-order chi connectivity index (χ0) is 13.3. The number of aromatic nitrogens is 4. The molecule has 0 saturated heterocycles. The highest BCUT2D eigenvalue weighted by atomic mass is 16.4. The zero-order valence-corrected chi connectivity index (χ0v) is 9.34. The van der Waals surface area contributed by atoms with Gasteiger partial charge in [0.25, 0.3) is 0 Å². The lowest BCUT2D eigenvalue weighted by Crippen LogP contribution is -2.26. The summed E-state index contributed by atoms with van der Waals surface area (Å²) in [5.74, 6) is -0.860. The van der Waals surface area contributed by atoms with Crippen molar-refractivity contribution in [1.82, 2.24) is 19.5 Å². The smallest absolute Gasteiger partial charge is 0.305 e. The van der Waals surface area contributed by atoms with Gasteiger partial charge in [-0.05, 0) is 0 Å². The van der Waals surface area contributed by atoms with Crippen LogP contribution in [0.25, 0.3) is 11.2 Å². The monoisotopic (exact) mass is 252 g/mol. The molecule has 0 atom stereocenters. The number of nitrogens with zero attached hydrogens (tertiary/aromatic N) is 3. The highest BCUT2D eigenvalue weighted by Crippen LogP contribution is 2.14. The Morgan fingerprint density at radius 3 is 2.83 bits per heavy atom. The third-order valence-electron chi connectivity index (χ3n) is 2.44. The van der Waals surface area contributed by atoms with E-state index >= 15 is 0 Å². The first-order chi connectivity index (χ1) is 8.52. The number of carbonyl (C=O) groups is 1. The number of aromatic amines is 1. The number of nitrogens with one attached hydrogen (secondary N) is 2. The lowest BCUT2D eigenvalue weighted by atomic mass is 10.3. The van der Waals surface area contributed by atoms with Crippen LogP contribution in [-0.2, 0) is 17.9 Å². The average molecular weight is 252 g/mol. The molecule has 9 heteroatoms. The normalized spacial score (nSPS) is 10.9. The number of aliphatic hydroxyl groups is 1. The molecule has 0 amide bonds. The second kappa shape index (κ2) is 4.45. The summed E-state index contributed by atoms with van der Waals surface area (Å²) >= 11 is 0. The summed E-state index contributed by atoms with van der Waals surface area (Å²) in [6.45, 7) is -0.294. The molecule has 0 aliphatic carbocycles. The predicted octanol–water partition coefficient (Wildman–Crippen LogP) is -1.21. The van der Waals surface area contributed by atoms with Gasteiger partial charge in [0.2, 0.25) is 5.62 Å². The number of fused-ring (bicyclic) bond motifs is 1. The molecule has 0 bridgehead atoms. The molecule has 2 heterocycles. The first kappa shape index (κ1) is 12.0. The van der Waals surface area contributed by atoms with Crippen LogP contribution >= 0.6 is 0 Å². The number of aliphatic carboxylic acids is 1. The van der Waals surface area contributed by atoms with E-state index < -0.39 is 5.97 Å². The van der Waals surface area contributed by atoms with Crippen molar-refractivity contribution < 1.29 is 15.0 Å². The molecule has 9 nitrogen and oxygen atoms in total. The topological polar surface area (TPSA) is 154 Å². The number of nitrogen functional groups attached to an aromatic ring is 1. The van der Waals surface area contributed by atoms with Gasteiger partial charge in [0.1, 0.15) is 5.52 Å². The van der Waals surface area contributed by atoms with Crippen LogP contribution in [0.5, 0.6) is 0 Å². The van der Waals surface area contributed by atoms with Gasteiger partial charge >= 0.3 is 5.97 Å². The van der Waals surface area contributed by atoms with E-state index in [9.17, 15) is 4.79 Å². The van der Waals surface area contributed by atoms with E-state index in [1.165, 1.54) is 4.57 Å². The molecule has 0 unspecified atom stereocenters.